The van der Waals surface area contributed by atoms with Gasteiger partial charge in [0.1, 0.15) is 12.2 Å². The zero-order valence-electron chi connectivity index (χ0n) is 28.4. The fourth-order valence-electron chi connectivity index (χ4n) is 8.95. The van der Waals surface area contributed by atoms with E-state index in [1.807, 2.05) is 24.3 Å². The molecule has 6 nitrogen and oxygen atoms in total. The molecule has 2 aliphatic carbocycles. The fraction of sp³-hybridized carbons (Fsp3) is 0.357. The zero-order valence-corrected chi connectivity index (χ0v) is 28.4. The summed E-state index contributed by atoms with van der Waals surface area (Å²) < 4.78 is 2.41. The molecule has 2 N–H and O–H groups in total. The number of nitrogens with zero attached hydrogens (tertiary/aromatic N) is 2. The molecule has 0 aliphatic heterocycles. The van der Waals surface area contributed by atoms with Crippen molar-refractivity contribution in [3.8, 4) is 22.5 Å². The summed E-state index contributed by atoms with van der Waals surface area (Å²) in [6.07, 6.45) is 5.25. The van der Waals surface area contributed by atoms with Crippen LogP contribution in [0.15, 0.2) is 91.0 Å². The largest absolute Gasteiger partial charge is 0.481 e. The number of carboxylic acids is 1. The van der Waals surface area contributed by atoms with Crippen LogP contribution in [0.2, 0.25) is 0 Å². The van der Waals surface area contributed by atoms with Crippen LogP contribution in [0.1, 0.15) is 82.4 Å². The smallest absolute Gasteiger partial charge is 0.312 e. The number of rotatable bonds is 8. The highest BCUT2D eigenvalue weighted by atomic mass is 16.4. The average Bonchev–Trinajstić information content (AvgIpc) is 3.41. The minimum absolute atomic E-state index is 0.0369. The first-order chi connectivity index (χ1) is 23.0. The molecule has 0 saturated heterocycles. The minimum atomic E-state index is -1.15. The molecule has 246 valence electrons. The summed E-state index contributed by atoms with van der Waals surface area (Å²) in [5, 5.41) is 11.9. The number of hydrogen-bond acceptors (Lipinski definition) is 3. The van der Waals surface area contributed by atoms with E-state index in [4.69, 9.17) is 10.1 Å². The third kappa shape index (κ3) is 5.82. The van der Waals surface area contributed by atoms with E-state index in [2.05, 4.69) is 98.2 Å². The van der Waals surface area contributed by atoms with Crippen molar-refractivity contribution in [3.63, 3.8) is 0 Å². The molecule has 1 fully saturated rings. The molecule has 6 heteroatoms. The van der Waals surface area contributed by atoms with E-state index >= 15 is 0 Å². The summed E-state index contributed by atoms with van der Waals surface area (Å²) in [6, 6.07) is 31.9. The second-order valence-electron chi connectivity index (χ2n) is 14.9. The lowest BCUT2D eigenvalue weighted by molar-refractivity contribution is -0.139. The van der Waals surface area contributed by atoms with Crippen molar-refractivity contribution in [2.75, 3.05) is 5.32 Å². The summed E-state index contributed by atoms with van der Waals surface area (Å²) in [5.74, 6) is 0.199. The molecule has 4 aromatic carbocycles. The van der Waals surface area contributed by atoms with Crippen LogP contribution in [0.3, 0.4) is 0 Å². The number of nitrogens with one attached hydrogen (secondary N) is 1. The van der Waals surface area contributed by atoms with E-state index in [9.17, 15) is 9.59 Å². The highest BCUT2D eigenvalue weighted by Gasteiger charge is 2.52. The van der Waals surface area contributed by atoms with Gasteiger partial charge in [-0.1, -0.05) is 101 Å². The second kappa shape index (κ2) is 12.4. The Morgan fingerprint density at radius 1 is 0.917 bits per heavy atom. The maximum absolute atomic E-state index is 12.3. The zero-order chi connectivity index (χ0) is 33.6. The van der Waals surface area contributed by atoms with Crippen LogP contribution in [-0.4, -0.2) is 26.5 Å². The Labute approximate surface area is 283 Å². The highest BCUT2D eigenvalue weighted by molar-refractivity contribution is 6.01. The molecule has 1 amide bonds. The Bertz CT molecular complexity index is 2010. The summed E-state index contributed by atoms with van der Waals surface area (Å²) in [5.41, 5.74) is 10.4. The van der Waals surface area contributed by atoms with E-state index in [1.165, 1.54) is 30.4 Å². The molecule has 5 aromatic rings. The number of fused-ring (bicyclic) bond motifs is 4. The Morgan fingerprint density at radius 3 is 2.48 bits per heavy atom. The molecule has 7 rings (SSSR count). The number of aliphatic carboxylic acids is 1. The van der Waals surface area contributed by atoms with Gasteiger partial charge in [-0.2, -0.15) is 0 Å². The van der Waals surface area contributed by atoms with E-state index in [0.717, 1.165) is 52.9 Å². The van der Waals surface area contributed by atoms with E-state index < -0.39 is 18.3 Å². The van der Waals surface area contributed by atoms with Crippen LogP contribution in [-0.2, 0) is 28.0 Å². The molecule has 48 heavy (non-hydrogen) atoms. The summed E-state index contributed by atoms with van der Waals surface area (Å²) in [7, 11) is 0. The van der Waals surface area contributed by atoms with Crippen LogP contribution in [0.5, 0.6) is 0 Å². The van der Waals surface area contributed by atoms with Gasteiger partial charge in [0.25, 0.3) is 0 Å². The molecule has 1 saturated carbocycles. The van der Waals surface area contributed by atoms with Gasteiger partial charge in [-0.15, -0.1) is 0 Å². The van der Waals surface area contributed by atoms with E-state index in [1.54, 1.807) is 11.6 Å². The maximum Gasteiger partial charge on any atom is 0.312 e. The summed E-state index contributed by atoms with van der Waals surface area (Å²) in [4.78, 5) is 28.8. The summed E-state index contributed by atoms with van der Waals surface area (Å²) >= 11 is 0. The van der Waals surface area contributed by atoms with Crippen molar-refractivity contribution in [2.24, 2.45) is 11.3 Å². The SMILES string of the molecule is CC(C)c1ccc2c(c1)CC[C@H]1[C@](C)(Cn3c(-c4cccc(NC(=O)CC(=O)O)c4)nc4cc(-c5ccccc5)ccc43)CCC[C@]21C. The monoisotopic (exact) mass is 639 g/mol. The minimum Gasteiger partial charge on any atom is -0.481 e. The lowest BCUT2D eigenvalue weighted by Crippen LogP contribution is -2.50. The molecule has 1 heterocycles. The van der Waals surface area contributed by atoms with E-state index in [0.29, 0.717) is 17.5 Å². The maximum atomic E-state index is 12.3. The Balaban J connectivity index is 1.31. The van der Waals surface area contributed by atoms with Crippen molar-refractivity contribution in [3.05, 3.63) is 108 Å². The van der Waals surface area contributed by atoms with Crippen molar-refractivity contribution < 1.29 is 14.7 Å². The van der Waals surface area contributed by atoms with Crippen LogP contribution < -0.4 is 5.32 Å². The molecule has 0 radical (unpaired) electrons. The normalized spacial score (nSPS) is 21.9. The third-order valence-corrected chi connectivity index (χ3v) is 11.3. The predicted octanol–water partition coefficient (Wildman–Crippen LogP) is 9.62. The van der Waals surface area contributed by atoms with Crippen LogP contribution in [0, 0.1) is 11.3 Å². The number of carbonyl (C=O) groups is 2. The second-order valence-corrected chi connectivity index (χ2v) is 14.9. The Hall–Kier alpha value is -4.71. The number of benzene rings is 4. The number of anilines is 1. The molecule has 2 aliphatic rings. The van der Waals surface area contributed by atoms with Gasteiger partial charge in [0, 0.05) is 17.8 Å². The van der Waals surface area contributed by atoms with Crippen LogP contribution in [0.25, 0.3) is 33.5 Å². The van der Waals surface area contributed by atoms with Gasteiger partial charge in [0.15, 0.2) is 0 Å². The number of aryl methyl sites for hydroxylation is 1. The molecule has 0 unspecified atom stereocenters. The standard InChI is InChI=1S/C42H45N3O3/c1-27(2)29-14-17-34-31(22-29)16-19-37-41(3,20-9-21-42(34,37)4)26-45-36-18-15-30(28-10-6-5-7-11-28)24-35(36)44-40(45)32-12-8-13-33(23-32)43-38(46)25-39(47)48/h5-8,10-15,17-18,22-24,27,37H,9,16,19-21,25-26H2,1-4H3,(H,43,46)(H,47,48)/t37-,41-,42+/m0/s1. The van der Waals surface area contributed by atoms with Gasteiger partial charge < -0.3 is 15.0 Å². The number of carboxylic acid groups (broad SMARTS) is 1. The summed E-state index contributed by atoms with van der Waals surface area (Å²) in [6.45, 7) is 10.4. The van der Waals surface area contributed by atoms with Gasteiger partial charge in [0.2, 0.25) is 5.91 Å². The quantitative estimate of drug-likeness (QED) is 0.166. The van der Waals surface area contributed by atoms with Crippen molar-refractivity contribution >= 4 is 28.6 Å². The van der Waals surface area contributed by atoms with Crippen molar-refractivity contribution in [2.45, 2.75) is 84.1 Å². The highest BCUT2D eigenvalue weighted by Crippen LogP contribution is 2.58. The molecular formula is C42H45N3O3. The van der Waals surface area contributed by atoms with Gasteiger partial charge in [-0.25, -0.2) is 4.98 Å². The Kier molecular flexibility index (Phi) is 8.22. The molecule has 3 atom stereocenters. The van der Waals surface area contributed by atoms with Gasteiger partial charge in [0.05, 0.1) is 11.0 Å². The number of amides is 1. The molecule has 0 bridgehead atoms. The predicted molar refractivity (Wildman–Crippen MR) is 193 cm³/mol. The molecule has 0 spiro atoms. The number of aromatic nitrogens is 2. The molecular weight excluding hydrogens is 594 g/mol. The first kappa shape index (κ1) is 31.9. The molecule has 1 aromatic heterocycles. The first-order valence-corrected chi connectivity index (χ1v) is 17.4. The van der Waals surface area contributed by atoms with Crippen molar-refractivity contribution in [1.29, 1.82) is 0 Å². The third-order valence-electron chi connectivity index (χ3n) is 11.3. The number of hydrogen-bond donors (Lipinski definition) is 2. The first-order valence-electron chi connectivity index (χ1n) is 17.4. The van der Waals surface area contributed by atoms with E-state index in [-0.39, 0.29) is 10.8 Å². The Morgan fingerprint density at radius 2 is 1.71 bits per heavy atom. The average molecular weight is 640 g/mol. The topological polar surface area (TPSA) is 84.2 Å². The fourth-order valence-corrected chi connectivity index (χ4v) is 8.95. The number of imidazole rings is 1. The van der Waals surface area contributed by atoms with Crippen LogP contribution in [0.4, 0.5) is 5.69 Å². The van der Waals surface area contributed by atoms with Crippen LogP contribution >= 0.6 is 0 Å². The lowest BCUT2D eigenvalue weighted by atomic mass is 9.49. The van der Waals surface area contributed by atoms with Gasteiger partial charge in [-0.3, -0.25) is 9.59 Å². The number of carbonyl (C=O) groups excluding carboxylic acids is 1. The van der Waals surface area contributed by atoms with Gasteiger partial charge >= 0.3 is 5.97 Å². The van der Waals surface area contributed by atoms with Gasteiger partial charge in [-0.05, 0) is 100 Å². The van der Waals surface area contributed by atoms with Crippen molar-refractivity contribution in [1.82, 2.24) is 9.55 Å². The lowest BCUT2D eigenvalue weighted by Gasteiger charge is -2.56.